The van der Waals surface area contributed by atoms with Crippen LogP contribution in [0.5, 0.6) is 0 Å². The molecule has 1 aromatic carbocycles. The number of nitrogens with one attached hydrogen (secondary N) is 1. The predicted octanol–water partition coefficient (Wildman–Crippen LogP) is 2.73. The minimum Gasteiger partial charge on any atom is -0.343 e. The molecular weight excluding hydrogens is 336 g/mol. The zero-order chi connectivity index (χ0) is 19.3. The van der Waals surface area contributed by atoms with Crippen molar-refractivity contribution in [3.05, 3.63) is 70.0 Å². The summed E-state index contributed by atoms with van der Waals surface area (Å²) in [5, 5.41) is 13.3. The Balaban J connectivity index is 2.12. The molecule has 0 saturated heterocycles. The van der Waals surface area contributed by atoms with Crippen LogP contribution in [0.4, 0.5) is 11.4 Å². The zero-order valence-electron chi connectivity index (χ0n) is 14.6. The molecule has 2 aromatic rings. The van der Waals surface area contributed by atoms with Crippen molar-refractivity contribution in [2.24, 2.45) is 0 Å². The Labute approximate surface area is 150 Å². The second-order valence-corrected chi connectivity index (χ2v) is 5.75. The van der Waals surface area contributed by atoms with Gasteiger partial charge in [-0.05, 0) is 42.3 Å². The number of amides is 2. The van der Waals surface area contributed by atoms with Crippen molar-refractivity contribution in [2.75, 3.05) is 19.4 Å². The quantitative estimate of drug-likeness (QED) is 0.505. The smallest absolute Gasteiger partial charge is 0.272 e. The third kappa shape index (κ3) is 4.73. The van der Waals surface area contributed by atoms with Crippen LogP contribution in [0.25, 0.3) is 5.57 Å². The highest BCUT2D eigenvalue weighted by Gasteiger charge is 2.11. The molecule has 0 aliphatic rings. The number of anilines is 1. The number of benzene rings is 1. The zero-order valence-corrected chi connectivity index (χ0v) is 14.6. The Morgan fingerprint density at radius 1 is 1.19 bits per heavy atom. The van der Waals surface area contributed by atoms with Gasteiger partial charge in [-0.2, -0.15) is 0 Å². The second kappa shape index (κ2) is 8.02. The molecular formula is C18H18N4O4. The number of carbonyl (C=O) groups is 2. The van der Waals surface area contributed by atoms with E-state index in [0.717, 1.165) is 0 Å². The molecule has 8 nitrogen and oxygen atoms in total. The Morgan fingerprint density at radius 3 is 2.42 bits per heavy atom. The molecule has 2 rings (SSSR count). The van der Waals surface area contributed by atoms with Crippen LogP contribution in [0.1, 0.15) is 23.0 Å². The summed E-state index contributed by atoms with van der Waals surface area (Å²) in [6.45, 7) is 1.73. The fraction of sp³-hybridized carbons (Fsp3) is 0.167. The molecule has 1 aromatic heterocycles. The van der Waals surface area contributed by atoms with Crippen molar-refractivity contribution in [2.45, 2.75) is 6.92 Å². The molecule has 2 amide bonds. The number of hydrogen-bond acceptors (Lipinski definition) is 5. The van der Waals surface area contributed by atoms with Crippen molar-refractivity contribution in [3.8, 4) is 0 Å². The normalized spacial score (nSPS) is 11.0. The van der Waals surface area contributed by atoms with Crippen LogP contribution in [-0.4, -0.2) is 40.7 Å². The van der Waals surface area contributed by atoms with Gasteiger partial charge in [0, 0.05) is 44.2 Å². The first-order valence-corrected chi connectivity index (χ1v) is 7.69. The van der Waals surface area contributed by atoms with E-state index in [1.54, 1.807) is 39.2 Å². The maximum Gasteiger partial charge on any atom is 0.272 e. The number of pyridine rings is 1. The molecule has 134 valence electrons. The van der Waals surface area contributed by atoms with Crippen molar-refractivity contribution in [1.29, 1.82) is 0 Å². The summed E-state index contributed by atoms with van der Waals surface area (Å²) >= 11 is 0. The average Bonchev–Trinajstić information content (AvgIpc) is 2.61. The Morgan fingerprint density at radius 2 is 1.85 bits per heavy atom. The van der Waals surface area contributed by atoms with E-state index in [2.05, 4.69) is 10.3 Å². The lowest BCUT2D eigenvalue weighted by Gasteiger charge is -2.10. The standard InChI is InChI=1S/C18H18N4O4/c1-12(13-4-6-15(7-5-13)22(25)26)10-17(23)20-14-8-9-19-16(11-14)18(24)21(2)3/h4-11H,1-3H3,(H,19,20,23)/b12-10+. The van der Waals surface area contributed by atoms with Gasteiger partial charge in [0.25, 0.3) is 11.6 Å². The van der Waals surface area contributed by atoms with Crippen molar-refractivity contribution >= 4 is 28.8 Å². The number of hydrogen-bond donors (Lipinski definition) is 1. The molecule has 8 heteroatoms. The number of non-ortho nitro benzene ring substituents is 1. The summed E-state index contributed by atoms with van der Waals surface area (Å²) in [7, 11) is 3.23. The van der Waals surface area contributed by atoms with Crippen molar-refractivity contribution in [3.63, 3.8) is 0 Å². The highest BCUT2D eigenvalue weighted by molar-refractivity contribution is 6.04. The van der Waals surface area contributed by atoms with Gasteiger partial charge in [-0.25, -0.2) is 0 Å². The van der Waals surface area contributed by atoms with E-state index in [4.69, 9.17) is 0 Å². The molecule has 0 fully saturated rings. The lowest BCUT2D eigenvalue weighted by Crippen LogP contribution is -2.23. The van der Waals surface area contributed by atoms with E-state index in [-0.39, 0.29) is 23.2 Å². The number of nitro groups is 1. The van der Waals surface area contributed by atoms with Gasteiger partial charge in [-0.3, -0.25) is 24.7 Å². The highest BCUT2D eigenvalue weighted by Crippen LogP contribution is 2.18. The fourth-order valence-corrected chi connectivity index (χ4v) is 2.16. The van der Waals surface area contributed by atoms with E-state index in [0.29, 0.717) is 16.8 Å². The van der Waals surface area contributed by atoms with Gasteiger partial charge in [-0.1, -0.05) is 0 Å². The fourth-order valence-electron chi connectivity index (χ4n) is 2.16. The summed E-state index contributed by atoms with van der Waals surface area (Å²) in [5.74, 6) is -0.644. The molecule has 0 spiro atoms. The van der Waals surface area contributed by atoms with Crippen LogP contribution in [0.3, 0.4) is 0 Å². The summed E-state index contributed by atoms with van der Waals surface area (Å²) in [6.07, 6.45) is 2.83. The molecule has 26 heavy (non-hydrogen) atoms. The third-order valence-electron chi connectivity index (χ3n) is 3.53. The summed E-state index contributed by atoms with van der Waals surface area (Å²) in [4.78, 5) is 39.7. The molecule has 1 heterocycles. The first-order valence-electron chi connectivity index (χ1n) is 7.69. The molecule has 0 aliphatic carbocycles. The summed E-state index contributed by atoms with van der Waals surface area (Å²) in [6, 6.07) is 9.00. The Hall–Kier alpha value is -3.55. The summed E-state index contributed by atoms with van der Waals surface area (Å²) < 4.78 is 0. The first-order chi connectivity index (χ1) is 12.3. The number of nitrogens with zero attached hydrogens (tertiary/aromatic N) is 3. The Bertz CT molecular complexity index is 873. The number of aromatic nitrogens is 1. The van der Waals surface area contributed by atoms with Gasteiger partial charge in [0.2, 0.25) is 5.91 Å². The number of allylic oxidation sites excluding steroid dienone is 1. The molecule has 0 bridgehead atoms. The van der Waals surface area contributed by atoms with Crippen LogP contribution in [0.15, 0.2) is 48.7 Å². The van der Waals surface area contributed by atoms with Gasteiger partial charge >= 0.3 is 0 Å². The minimum atomic E-state index is -0.481. The highest BCUT2D eigenvalue weighted by atomic mass is 16.6. The van der Waals surface area contributed by atoms with Gasteiger partial charge in [0.15, 0.2) is 0 Å². The third-order valence-corrected chi connectivity index (χ3v) is 3.53. The molecule has 0 radical (unpaired) electrons. The molecule has 0 saturated carbocycles. The number of carbonyl (C=O) groups excluding carboxylic acids is 2. The maximum absolute atomic E-state index is 12.2. The van der Waals surface area contributed by atoms with Gasteiger partial charge in [-0.15, -0.1) is 0 Å². The second-order valence-electron chi connectivity index (χ2n) is 5.75. The number of nitro benzene ring substituents is 1. The lowest BCUT2D eigenvalue weighted by atomic mass is 10.1. The van der Waals surface area contributed by atoms with E-state index >= 15 is 0 Å². The largest absolute Gasteiger partial charge is 0.343 e. The SMILES string of the molecule is C/C(=C\C(=O)Nc1ccnc(C(=O)N(C)C)c1)c1ccc([N+](=O)[O-])cc1. The Kier molecular flexibility index (Phi) is 5.79. The monoisotopic (exact) mass is 354 g/mol. The van der Waals surface area contributed by atoms with Gasteiger partial charge < -0.3 is 10.2 Å². The van der Waals surface area contributed by atoms with Crippen molar-refractivity contribution in [1.82, 2.24) is 9.88 Å². The van der Waals surface area contributed by atoms with E-state index in [1.165, 1.54) is 35.4 Å². The van der Waals surface area contributed by atoms with Crippen LogP contribution >= 0.6 is 0 Å². The maximum atomic E-state index is 12.2. The predicted molar refractivity (Wildman–Crippen MR) is 97.6 cm³/mol. The van der Waals surface area contributed by atoms with E-state index in [9.17, 15) is 19.7 Å². The van der Waals surface area contributed by atoms with E-state index < -0.39 is 4.92 Å². The van der Waals surface area contributed by atoms with E-state index in [1.807, 2.05) is 0 Å². The molecule has 1 N–H and O–H groups in total. The van der Waals surface area contributed by atoms with Gasteiger partial charge in [0.05, 0.1) is 4.92 Å². The molecule has 0 aliphatic heterocycles. The summed E-state index contributed by atoms with van der Waals surface area (Å²) in [5.41, 5.74) is 2.01. The van der Waals surface area contributed by atoms with Gasteiger partial charge in [0.1, 0.15) is 5.69 Å². The average molecular weight is 354 g/mol. The molecule has 0 atom stereocenters. The first kappa shape index (κ1) is 18.8. The van der Waals surface area contributed by atoms with Crippen LogP contribution in [-0.2, 0) is 4.79 Å². The lowest BCUT2D eigenvalue weighted by molar-refractivity contribution is -0.384. The van der Waals surface area contributed by atoms with Crippen LogP contribution in [0.2, 0.25) is 0 Å². The minimum absolute atomic E-state index is 0.0131. The topological polar surface area (TPSA) is 105 Å². The molecule has 0 unspecified atom stereocenters. The van der Waals surface area contributed by atoms with Crippen molar-refractivity contribution < 1.29 is 14.5 Å². The number of rotatable bonds is 5. The van der Waals surface area contributed by atoms with Crippen LogP contribution < -0.4 is 5.32 Å². The van der Waals surface area contributed by atoms with Crippen LogP contribution in [0, 0.1) is 10.1 Å².